The van der Waals surface area contributed by atoms with Gasteiger partial charge >= 0.3 is 21.7 Å². The third kappa shape index (κ3) is 6.36. The van der Waals surface area contributed by atoms with Gasteiger partial charge in [0, 0.05) is 0 Å². The fourth-order valence-corrected chi connectivity index (χ4v) is 11.9. The number of unbranched alkanes of at least 4 members (excludes halogenated alkanes) is 2. The molecule has 1 radical (unpaired) electrons. The second kappa shape index (κ2) is 14.0. The van der Waals surface area contributed by atoms with Crippen LogP contribution in [0.4, 0.5) is 0 Å². The first-order valence-electron chi connectivity index (χ1n) is 11.7. The Morgan fingerprint density at radius 3 is 1.58 bits per heavy atom. The molecule has 1 unspecified atom stereocenters. The van der Waals surface area contributed by atoms with Crippen molar-refractivity contribution >= 4 is 13.3 Å². The maximum Gasteiger partial charge on any atom is 3.00 e. The zero-order valence-corrected chi connectivity index (χ0v) is 25.0. The second-order valence-electron chi connectivity index (χ2n) is 9.16. The largest absolute Gasteiger partial charge is 3.00 e. The predicted molar refractivity (Wildman–Crippen MR) is 142 cm³/mol. The first-order chi connectivity index (χ1) is 13.3. The summed E-state index contributed by atoms with van der Waals surface area (Å²) in [7, 11) is -1.84. The van der Waals surface area contributed by atoms with Crippen LogP contribution in [0.25, 0.3) is 0 Å². The fourth-order valence-electron chi connectivity index (χ4n) is 5.30. The zero-order chi connectivity index (χ0) is 20.9. The average Bonchev–Trinajstić information content (AvgIpc) is 2.91. The Morgan fingerprint density at radius 1 is 0.806 bits per heavy atom. The van der Waals surface area contributed by atoms with E-state index in [1.807, 2.05) is 0 Å². The van der Waals surface area contributed by atoms with Gasteiger partial charge in [-0.2, -0.15) is 11.1 Å². The van der Waals surface area contributed by atoms with Gasteiger partial charge in [0.15, 0.2) is 0 Å². The van der Waals surface area contributed by atoms with Crippen molar-refractivity contribution in [2.45, 2.75) is 111 Å². The summed E-state index contributed by atoms with van der Waals surface area (Å²) in [5.41, 5.74) is 7.55. The van der Waals surface area contributed by atoms with Crippen molar-refractivity contribution in [1.29, 1.82) is 0 Å². The van der Waals surface area contributed by atoms with Crippen molar-refractivity contribution in [2.75, 3.05) is 0 Å². The Morgan fingerprint density at radius 2 is 1.26 bits per heavy atom. The summed E-state index contributed by atoms with van der Waals surface area (Å²) >= 11 is 0. The molecule has 0 aromatic heterocycles. The van der Waals surface area contributed by atoms with Crippen molar-refractivity contribution in [3.8, 4) is 0 Å². The van der Waals surface area contributed by atoms with E-state index in [-0.39, 0.29) is 41.6 Å². The quantitative estimate of drug-likeness (QED) is 0.235. The van der Waals surface area contributed by atoms with Crippen LogP contribution in [-0.4, -0.2) is 8.07 Å². The molecular weight excluding hydrogens is 424 g/mol. The first-order valence-corrected chi connectivity index (χ1v) is 14.1. The molecule has 2 rings (SSSR count). The van der Waals surface area contributed by atoms with E-state index in [1.54, 1.807) is 10.8 Å². The summed E-state index contributed by atoms with van der Waals surface area (Å²) in [4.78, 5) is 0. The van der Waals surface area contributed by atoms with Gasteiger partial charge in [0.1, 0.15) is 0 Å². The summed E-state index contributed by atoms with van der Waals surface area (Å²) in [6.45, 7) is 18.9. The van der Waals surface area contributed by atoms with E-state index in [1.165, 1.54) is 60.0 Å². The van der Waals surface area contributed by atoms with Gasteiger partial charge in [0.25, 0.3) is 0 Å². The number of aryl methyl sites for hydroxylation is 2. The Bertz CT molecular complexity index is 713. The summed E-state index contributed by atoms with van der Waals surface area (Å²) in [5.74, 6) is 0. The second-order valence-corrected chi connectivity index (χ2v) is 13.9. The van der Waals surface area contributed by atoms with Gasteiger partial charge in [-0.15, -0.1) is 6.92 Å². The van der Waals surface area contributed by atoms with Gasteiger partial charge < -0.3 is 14.9 Å². The molecule has 0 amide bonds. The van der Waals surface area contributed by atoms with E-state index in [2.05, 4.69) is 79.7 Å². The van der Waals surface area contributed by atoms with Crippen LogP contribution in [0.5, 0.6) is 0 Å². The van der Waals surface area contributed by atoms with Crippen LogP contribution in [-0.2, 0) is 34.6 Å². The number of benzene rings is 1. The molecule has 0 aliphatic heterocycles. The Balaban J connectivity index is 0. The molecule has 0 N–H and O–H groups in total. The van der Waals surface area contributed by atoms with E-state index in [4.69, 9.17) is 0 Å². The van der Waals surface area contributed by atoms with Gasteiger partial charge in [0.05, 0.1) is 8.07 Å². The molecule has 0 bridgehead atoms. The molecule has 31 heavy (non-hydrogen) atoms. The molecular formula is C29H49SiTi. The monoisotopic (exact) mass is 473 g/mol. The topological polar surface area (TPSA) is 0 Å². The minimum atomic E-state index is -1.84. The average molecular weight is 474 g/mol. The molecule has 1 aromatic rings. The van der Waals surface area contributed by atoms with Crippen LogP contribution in [0, 0.1) is 20.9 Å². The first kappa shape index (κ1) is 32.8. The van der Waals surface area contributed by atoms with Gasteiger partial charge in [0.2, 0.25) is 0 Å². The normalized spacial score (nSPS) is 18.1. The number of hydrogen-bond acceptors (Lipinski definition) is 0. The third-order valence-corrected chi connectivity index (χ3v) is 13.8. The van der Waals surface area contributed by atoms with Crippen LogP contribution >= 0.6 is 0 Å². The molecule has 0 saturated heterocycles. The van der Waals surface area contributed by atoms with E-state index in [0.29, 0.717) is 0 Å². The fraction of sp³-hybridized carbons (Fsp3) is 0.586. The van der Waals surface area contributed by atoms with Crippen LogP contribution < -0.4 is 5.19 Å². The SMILES string of the molecule is CCCC[Si](CCCC)(c1cc(CC)cc(CC)c1)C1(C)[C-]=C(C)C(C)=C1C.[CH3-].[CH3-].[Ti+3]. The molecule has 0 heterocycles. The van der Waals surface area contributed by atoms with Crippen LogP contribution in [0.1, 0.15) is 92.2 Å². The zero-order valence-electron chi connectivity index (χ0n) is 22.4. The minimum absolute atomic E-state index is 0. The smallest absolute Gasteiger partial charge is 0.358 e. The molecule has 0 nitrogen and oxygen atoms in total. The van der Waals surface area contributed by atoms with Crippen LogP contribution in [0.2, 0.25) is 17.1 Å². The van der Waals surface area contributed by atoms with Crippen molar-refractivity contribution in [2.24, 2.45) is 0 Å². The Hall–Kier alpha value is -0.369. The molecule has 0 fully saturated rings. The van der Waals surface area contributed by atoms with E-state index >= 15 is 0 Å². The van der Waals surface area contributed by atoms with Crippen LogP contribution in [0.3, 0.4) is 0 Å². The summed E-state index contributed by atoms with van der Waals surface area (Å²) in [5, 5.41) is 1.84. The van der Waals surface area contributed by atoms with Gasteiger partial charge in [-0.3, -0.25) is 6.08 Å². The third-order valence-electron chi connectivity index (χ3n) is 7.61. The van der Waals surface area contributed by atoms with Crippen molar-refractivity contribution < 1.29 is 21.7 Å². The number of rotatable bonds is 10. The maximum absolute atomic E-state index is 4.07. The van der Waals surface area contributed by atoms with E-state index in [0.717, 1.165) is 12.8 Å². The van der Waals surface area contributed by atoms with Crippen molar-refractivity contribution in [3.05, 3.63) is 67.0 Å². The molecule has 2 heteroatoms. The van der Waals surface area contributed by atoms with Crippen LogP contribution in [0.15, 0.2) is 34.9 Å². The number of allylic oxidation sites excluding steroid dienone is 4. The van der Waals surface area contributed by atoms with Crippen molar-refractivity contribution in [1.82, 2.24) is 0 Å². The van der Waals surface area contributed by atoms with Gasteiger partial charge in [-0.05, 0) is 24.0 Å². The molecule has 0 saturated carbocycles. The molecule has 0 spiro atoms. The van der Waals surface area contributed by atoms with E-state index < -0.39 is 8.07 Å². The minimum Gasteiger partial charge on any atom is -0.358 e. The van der Waals surface area contributed by atoms with E-state index in [9.17, 15) is 0 Å². The summed E-state index contributed by atoms with van der Waals surface area (Å²) in [6, 6.07) is 10.4. The Kier molecular flexibility index (Phi) is 14.8. The standard InChI is InChI=1S/C27H43Si.2CH3.Ti/c1-9-13-15-28(16-14-10-2,27(8)20-21(5)22(6)23(27)7)26-18-24(11-3)17-25(12-4)19-26;;;/h17-19H,9-16H2,1-8H3;2*1H3;/q3*-1;+3. The Labute approximate surface area is 212 Å². The molecule has 1 aliphatic carbocycles. The molecule has 1 atom stereocenters. The number of hydrogen-bond donors (Lipinski definition) is 0. The summed E-state index contributed by atoms with van der Waals surface area (Å²) in [6.07, 6.45) is 11.6. The molecule has 1 aromatic carbocycles. The van der Waals surface area contributed by atoms with Gasteiger partial charge in [-0.1, -0.05) is 115 Å². The predicted octanol–water partition coefficient (Wildman–Crippen LogP) is 8.83. The molecule has 1 aliphatic rings. The summed E-state index contributed by atoms with van der Waals surface area (Å²) < 4.78 is 0. The maximum atomic E-state index is 4.07. The van der Waals surface area contributed by atoms with Crippen molar-refractivity contribution in [3.63, 3.8) is 0 Å². The molecule has 173 valence electrons. The van der Waals surface area contributed by atoms with Gasteiger partial charge in [-0.25, -0.2) is 5.57 Å².